The normalized spacial score (nSPS) is 26.6. The van der Waals surface area contributed by atoms with Gasteiger partial charge in [0.05, 0.1) is 5.54 Å². The van der Waals surface area contributed by atoms with Crippen molar-refractivity contribution in [3.63, 3.8) is 0 Å². The van der Waals surface area contributed by atoms with Gasteiger partial charge in [0.2, 0.25) is 5.91 Å². The number of unbranched alkanes of at least 4 members (excludes halogenated alkanes) is 1. The number of rotatable bonds is 3. The van der Waals surface area contributed by atoms with Gasteiger partial charge in [-0.15, -0.1) is 0 Å². The van der Waals surface area contributed by atoms with E-state index in [-0.39, 0.29) is 17.0 Å². The number of carbonyl (C=O) groups is 1. The van der Waals surface area contributed by atoms with Gasteiger partial charge in [0.15, 0.2) is 0 Å². The lowest BCUT2D eigenvalue weighted by Gasteiger charge is -2.52. The van der Waals surface area contributed by atoms with Gasteiger partial charge < -0.3 is 4.90 Å². The van der Waals surface area contributed by atoms with Crippen LogP contribution in [-0.2, 0) is 4.79 Å². The van der Waals surface area contributed by atoms with E-state index in [1.807, 2.05) is 13.8 Å². The fraction of sp³-hybridized carbons (Fsp3) is 0.933. The molecular formula is C15H28N2O. The van der Waals surface area contributed by atoms with Crippen LogP contribution in [0.2, 0.25) is 0 Å². The van der Waals surface area contributed by atoms with Gasteiger partial charge in [0, 0.05) is 18.6 Å². The Morgan fingerprint density at radius 3 is 2.50 bits per heavy atom. The van der Waals surface area contributed by atoms with Crippen LogP contribution < -0.4 is 5.32 Å². The minimum atomic E-state index is -0.386. The van der Waals surface area contributed by atoms with Gasteiger partial charge in [-0.05, 0) is 33.1 Å². The molecule has 2 rings (SSSR count). The van der Waals surface area contributed by atoms with E-state index in [2.05, 4.69) is 17.1 Å². The molecule has 2 aliphatic rings. The summed E-state index contributed by atoms with van der Waals surface area (Å²) in [6, 6.07) is 0. The fourth-order valence-corrected chi connectivity index (χ4v) is 3.63. The van der Waals surface area contributed by atoms with Crippen molar-refractivity contribution in [2.45, 2.75) is 76.8 Å². The molecule has 1 N–H and O–H groups in total. The van der Waals surface area contributed by atoms with E-state index in [1.54, 1.807) is 0 Å². The van der Waals surface area contributed by atoms with E-state index < -0.39 is 0 Å². The standard InChI is InChI=1S/C15H28N2O/c1-4-5-11-17-12-15(9-7-6-8-10-15)16-14(2,3)13(17)18/h16H,4-12H2,1-3H3. The molecule has 0 aromatic heterocycles. The molecule has 0 atom stereocenters. The first-order chi connectivity index (χ1) is 8.49. The Bertz CT molecular complexity index is 306. The molecule has 104 valence electrons. The highest BCUT2D eigenvalue weighted by atomic mass is 16.2. The van der Waals surface area contributed by atoms with Crippen molar-refractivity contribution < 1.29 is 4.79 Å². The number of hydrogen-bond donors (Lipinski definition) is 1. The lowest BCUT2D eigenvalue weighted by molar-refractivity contribution is -0.145. The van der Waals surface area contributed by atoms with Gasteiger partial charge in [-0.25, -0.2) is 0 Å². The van der Waals surface area contributed by atoms with E-state index in [0.29, 0.717) is 0 Å². The van der Waals surface area contributed by atoms with Gasteiger partial charge >= 0.3 is 0 Å². The highest BCUT2D eigenvalue weighted by molar-refractivity contribution is 5.86. The van der Waals surface area contributed by atoms with Crippen molar-refractivity contribution in [2.24, 2.45) is 0 Å². The third-order valence-corrected chi connectivity index (χ3v) is 4.49. The van der Waals surface area contributed by atoms with Crippen LogP contribution in [-0.4, -0.2) is 35.0 Å². The van der Waals surface area contributed by atoms with Gasteiger partial charge in [-0.3, -0.25) is 10.1 Å². The maximum Gasteiger partial charge on any atom is 0.242 e. The highest BCUT2D eigenvalue weighted by Gasteiger charge is 2.47. The van der Waals surface area contributed by atoms with Crippen LogP contribution in [0.15, 0.2) is 0 Å². The summed E-state index contributed by atoms with van der Waals surface area (Å²) in [5, 5.41) is 3.67. The third-order valence-electron chi connectivity index (χ3n) is 4.49. The number of nitrogens with zero attached hydrogens (tertiary/aromatic N) is 1. The Balaban J connectivity index is 2.12. The minimum Gasteiger partial charge on any atom is -0.339 e. The average Bonchev–Trinajstić information content (AvgIpc) is 2.33. The Kier molecular flexibility index (Phi) is 4.00. The van der Waals surface area contributed by atoms with Crippen LogP contribution in [0.5, 0.6) is 0 Å². The zero-order valence-corrected chi connectivity index (χ0v) is 12.2. The van der Waals surface area contributed by atoms with Crippen LogP contribution in [0.1, 0.15) is 65.7 Å². The van der Waals surface area contributed by atoms with Crippen molar-refractivity contribution in [3.8, 4) is 0 Å². The molecule has 1 amide bonds. The molecule has 18 heavy (non-hydrogen) atoms. The second-order valence-corrected chi connectivity index (χ2v) is 6.67. The van der Waals surface area contributed by atoms with Crippen molar-refractivity contribution >= 4 is 5.91 Å². The third kappa shape index (κ3) is 2.71. The predicted octanol–water partition coefficient (Wildman–Crippen LogP) is 2.70. The van der Waals surface area contributed by atoms with Crippen LogP contribution >= 0.6 is 0 Å². The number of carbonyl (C=O) groups excluding carboxylic acids is 1. The quantitative estimate of drug-likeness (QED) is 0.837. The highest BCUT2D eigenvalue weighted by Crippen LogP contribution is 2.34. The van der Waals surface area contributed by atoms with Crippen molar-refractivity contribution in [1.29, 1.82) is 0 Å². The van der Waals surface area contributed by atoms with E-state index in [1.165, 1.54) is 32.1 Å². The summed E-state index contributed by atoms with van der Waals surface area (Å²) in [6.07, 6.45) is 8.70. The monoisotopic (exact) mass is 252 g/mol. The second kappa shape index (κ2) is 5.20. The molecular weight excluding hydrogens is 224 g/mol. The first-order valence-corrected chi connectivity index (χ1v) is 7.58. The van der Waals surface area contributed by atoms with Gasteiger partial charge in [-0.2, -0.15) is 0 Å². The molecule has 3 nitrogen and oxygen atoms in total. The van der Waals surface area contributed by atoms with Gasteiger partial charge in [0.1, 0.15) is 0 Å². The van der Waals surface area contributed by atoms with Gasteiger partial charge in [-0.1, -0.05) is 32.6 Å². The fourth-order valence-electron chi connectivity index (χ4n) is 3.63. The average molecular weight is 252 g/mol. The zero-order chi connectivity index (χ0) is 13.2. The number of amides is 1. The van der Waals surface area contributed by atoms with E-state index in [4.69, 9.17) is 0 Å². The Hall–Kier alpha value is -0.570. The molecule has 0 radical (unpaired) electrons. The zero-order valence-electron chi connectivity index (χ0n) is 12.2. The Morgan fingerprint density at radius 1 is 1.22 bits per heavy atom. The van der Waals surface area contributed by atoms with Crippen LogP contribution in [0, 0.1) is 0 Å². The molecule has 1 saturated heterocycles. The van der Waals surface area contributed by atoms with Crippen molar-refractivity contribution in [1.82, 2.24) is 10.2 Å². The maximum atomic E-state index is 12.4. The molecule has 1 saturated carbocycles. The summed E-state index contributed by atoms with van der Waals surface area (Å²) >= 11 is 0. The Labute approximate surface area is 111 Å². The van der Waals surface area contributed by atoms with Crippen LogP contribution in [0.3, 0.4) is 0 Å². The number of hydrogen-bond acceptors (Lipinski definition) is 2. The molecule has 0 unspecified atom stereocenters. The van der Waals surface area contributed by atoms with Crippen LogP contribution in [0.4, 0.5) is 0 Å². The molecule has 0 aromatic rings. The molecule has 0 bridgehead atoms. The maximum absolute atomic E-state index is 12.4. The first-order valence-electron chi connectivity index (χ1n) is 7.58. The van der Waals surface area contributed by atoms with E-state index in [0.717, 1.165) is 25.9 Å². The first kappa shape index (κ1) is 13.9. The summed E-state index contributed by atoms with van der Waals surface area (Å²) in [7, 11) is 0. The summed E-state index contributed by atoms with van der Waals surface area (Å²) in [4.78, 5) is 14.6. The lowest BCUT2D eigenvalue weighted by atomic mass is 9.77. The largest absolute Gasteiger partial charge is 0.339 e. The Morgan fingerprint density at radius 2 is 1.89 bits per heavy atom. The van der Waals surface area contributed by atoms with Crippen molar-refractivity contribution in [2.75, 3.05) is 13.1 Å². The van der Waals surface area contributed by atoms with Crippen molar-refractivity contribution in [3.05, 3.63) is 0 Å². The summed E-state index contributed by atoms with van der Waals surface area (Å²) in [5.41, 5.74) is -0.188. The van der Waals surface area contributed by atoms with Crippen LogP contribution in [0.25, 0.3) is 0 Å². The predicted molar refractivity (Wildman–Crippen MR) is 74.5 cm³/mol. The second-order valence-electron chi connectivity index (χ2n) is 6.67. The molecule has 2 fully saturated rings. The SMILES string of the molecule is CCCCN1CC2(CCCCC2)NC(C)(C)C1=O. The smallest absolute Gasteiger partial charge is 0.242 e. The molecule has 3 heteroatoms. The van der Waals surface area contributed by atoms with Gasteiger partial charge in [0.25, 0.3) is 0 Å². The van der Waals surface area contributed by atoms with E-state index >= 15 is 0 Å². The topological polar surface area (TPSA) is 32.3 Å². The minimum absolute atomic E-state index is 0.198. The number of piperazine rings is 1. The molecule has 1 spiro atoms. The molecule has 1 heterocycles. The summed E-state index contributed by atoms with van der Waals surface area (Å²) in [6.45, 7) is 8.14. The lowest BCUT2D eigenvalue weighted by Crippen LogP contribution is -2.72. The molecule has 1 aliphatic carbocycles. The number of nitrogens with one attached hydrogen (secondary N) is 1. The molecule has 1 aliphatic heterocycles. The molecule has 0 aromatic carbocycles. The van der Waals surface area contributed by atoms with E-state index in [9.17, 15) is 4.79 Å². The summed E-state index contributed by atoms with van der Waals surface area (Å²) in [5.74, 6) is 0.284. The summed E-state index contributed by atoms with van der Waals surface area (Å²) < 4.78 is 0.